The number of nitrogen functional groups attached to an aromatic ring is 2. The Labute approximate surface area is 170 Å². The van der Waals surface area contributed by atoms with Crippen molar-refractivity contribution in [3.05, 3.63) is 41.2 Å². The minimum Gasteiger partial charge on any atom is -0.399 e. The molecule has 138 valence electrons. The lowest BCUT2D eigenvalue weighted by atomic mass is 10.3. The molecule has 0 spiro atoms. The summed E-state index contributed by atoms with van der Waals surface area (Å²) < 4.78 is 26.8. The van der Waals surface area contributed by atoms with Gasteiger partial charge in [-0.3, -0.25) is 4.72 Å². The van der Waals surface area contributed by atoms with Crippen molar-refractivity contribution in [2.75, 3.05) is 16.2 Å². The van der Waals surface area contributed by atoms with Gasteiger partial charge in [0.15, 0.2) is 5.15 Å². The number of nitrogens with one attached hydrogen (secondary N) is 1. The summed E-state index contributed by atoms with van der Waals surface area (Å²) in [4.78, 5) is 4.02. The molecule has 24 heavy (non-hydrogen) atoms. The Hall–Kier alpha value is -0.830. The number of pyridine rings is 1. The van der Waals surface area contributed by atoms with Crippen molar-refractivity contribution in [1.29, 1.82) is 0 Å². The normalized spacial score (nSPS) is 9.42. The molecule has 0 fully saturated rings. The molecule has 0 aliphatic rings. The zero-order chi connectivity index (χ0) is 14.9. The van der Waals surface area contributed by atoms with E-state index in [1.165, 1.54) is 30.3 Å². The molecule has 0 amide bonds. The number of benzene rings is 1. The highest BCUT2D eigenvalue weighted by Crippen LogP contribution is 2.28. The second-order valence-corrected chi connectivity index (χ2v) is 6.23. The topological polar surface area (TPSA) is 111 Å². The van der Waals surface area contributed by atoms with Crippen LogP contribution in [0.2, 0.25) is 5.15 Å². The van der Waals surface area contributed by atoms with Crippen LogP contribution in [-0.4, -0.2) is 13.4 Å². The molecule has 1 aromatic carbocycles. The van der Waals surface area contributed by atoms with Crippen molar-refractivity contribution >= 4 is 88.3 Å². The van der Waals surface area contributed by atoms with Crippen LogP contribution in [0, 0.1) is 6.92 Å². The zero-order valence-corrected chi connectivity index (χ0v) is 17.1. The lowest BCUT2D eigenvalue weighted by Gasteiger charge is -2.12. The van der Waals surface area contributed by atoms with E-state index in [1.54, 1.807) is 6.92 Å². The zero-order valence-electron chi connectivity index (χ0n) is 12.2. The molecule has 12 heteroatoms. The SMILES string of the molecule is Cc1cc(NS(=O)(=O)c2ccc(N)cc2)c(N)c(Cl)n1.Cl.Cl.Cl.Cl. The highest BCUT2D eigenvalue weighted by Gasteiger charge is 2.17. The second-order valence-electron chi connectivity index (χ2n) is 4.19. The molecule has 1 aromatic heterocycles. The fourth-order valence-electron chi connectivity index (χ4n) is 1.58. The molecule has 2 rings (SSSR count). The van der Waals surface area contributed by atoms with Crippen LogP contribution in [0.5, 0.6) is 0 Å². The molecule has 0 aliphatic carbocycles. The summed E-state index contributed by atoms with van der Waals surface area (Å²) in [7, 11) is -3.76. The van der Waals surface area contributed by atoms with Crippen LogP contribution < -0.4 is 16.2 Å². The van der Waals surface area contributed by atoms with Gasteiger partial charge in [0.25, 0.3) is 10.0 Å². The largest absolute Gasteiger partial charge is 0.399 e. The molecule has 0 saturated carbocycles. The third-order valence-electron chi connectivity index (χ3n) is 2.57. The minimum absolute atomic E-state index is 0. The number of hydrogen-bond donors (Lipinski definition) is 3. The van der Waals surface area contributed by atoms with Crippen molar-refractivity contribution in [2.24, 2.45) is 0 Å². The van der Waals surface area contributed by atoms with Gasteiger partial charge in [-0.25, -0.2) is 13.4 Å². The Morgan fingerprint density at radius 3 is 2.04 bits per heavy atom. The lowest BCUT2D eigenvalue weighted by Crippen LogP contribution is -2.14. The molecule has 5 N–H and O–H groups in total. The average Bonchev–Trinajstić information content (AvgIpc) is 2.35. The Kier molecular flexibility index (Phi) is 12.7. The monoisotopic (exact) mass is 456 g/mol. The summed E-state index contributed by atoms with van der Waals surface area (Å²) in [6.45, 7) is 1.69. The van der Waals surface area contributed by atoms with Gasteiger partial charge in [-0.2, -0.15) is 0 Å². The van der Waals surface area contributed by atoms with Crippen molar-refractivity contribution in [3.8, 4) is 0 Å². The summed E-state index contributed by atoms with van der Waals surface area (Å²) in [5.41, 5.74) is 12.6. The molecule has 0 aliphatic heterocycles. The molecule has 0 saturated heterocycles. The number of rotatable bonds is 3. The van der Waals surface area contributed by atoms with Gasteiger partial charge in [-0.1, -0.05) is 11.6 Å². The van der Waals surface area contributed by atoms with E-state index < -0.39 is 10.0 Å². The molecule has 0 bridgehead atoms. The van der Waals surface area contributed by atoms with Crippen LogP contribution in [0.25, 0.3) is 0 Å². The van der Waals surface area contributed by atoms with Gasteiger partial charge in [0, 0.05) is 11.4 Å². The first-order valence-corrected chi connectivity index (χ1v) is 7.46. The summed E-state index contributed by atoms with van der Waals surface area (Å²) >= 11 is 5.83. The molecular weight excluding hydrogens is 441 g/mol. The van der Waals surface area contributed by atoms with E-state index in [2.05, 4.69) is 9.71 Å². The number of nitrogens with zero attached hydrogens (tertiary/aromatic N) is 1. The predicted octanol–water partition coefficient (Wildman–Crippen LogP) is 3.70. The molecule has 2 aromatic rings. The fourth-order valence-corrected chi connectivity index (χ4v) is 2.89. The number of hydrogen-bond acceptors (Lipinski definition) is 5. The summed E-state index contributed by atoms with van der Waals surface area (Å²) in [5, 5.41) is 0.0556. The van der Waals surface area contributed by atoms with Crippen molar-refractivity contribution in [3.63, 3.8) is 0 Å². The van der Waals surface area contributed by atoms with Crippen LogP contribution >= 0.6 is 61.2 Å². The molecular formula is C12H17Cl5N4O2S. The summed E-state index contributed by atoms with van der Waals surface area (Å²) in [5.74, 6) is 0. The van der Waals surface area contributed by atoms with Crippen LogP contribution in [-0.2, 0) is 10.0 Å². The number of nitrogens with two attached hydrogens (primary N) is 2. The number of aromatic nitrogens is 1. The van der Waals surface area contributed by atoms with Crippen LogP contribution in [0.4, 0.5) is 17.1 Å². The van der Waals surface area contributed by atoms with E-state index in [0.717, 1.165) is 0 Å². The number of halogens is 5. The third-order valence-corrected chi connectivity index (χ3v) is 4.24. The summed E-state index contributed by atoms with van der Waals surface area (Å²) in [6.07, 6.45) is 0. The quantitative estimate of drug-likeness (QED) is 0.480. The van der Waals surface area contributed by atoms with Crippen LogP contribution in [0.1, 0.15) is 5.69 Å². The lowest BCUT2D eigenvalue weighted by molar-refractivity contribution is 0.601. The van der Waals surface area contributed by atoms with Crippen molar-refractivity contribution in [2.45, 2.75) is 11.8 Å². The Bertz CT molecular complexity index is 757. The first-order valence-electron chi connectivity index (χ1n) is 5.60. The third kappa shape index (κ3) is 6.58. The van der Waals surface area contributed by atoms with E-state index in [4.69, 9.17) is 23.1 Å². The minimum atomic E-state index is -3.76. The van der Waals surface area contributed by atoms with E-state index in [-0.39, 0.29) is 71.1 Å². The van der Waals surface area contributed by atoms with Gasteiger partial charge < -0.3 is 11.5 Å². The summed E-state index contributed by atoms with van der Waals surface area (Å²) in [6, 6.07) is 7.33. The second kappa shape index (κ2) is 10.9. The number of anilines is 3. The smallest absolute Gasteiger partial charge is 0.261 e. The average molecular weight is 459 g/mol. The highest BCUT2D eigenvalue weighted by molar-refractivity contribution is 7.92. The molecule has 0 atom stereocenters. The highest BCUT2D eigenvalue weighted by atomic mass is 35.5. The molecule has 0 unspecified atom stereocenters. The van der Waals surface area contributed by atoms with E-state index in [1.807, 2.05) is 0 Å². The first kappa shape index (κ1) is 28.0. The van der Waals surface area contributed by atoms with Crippen LogP contribution in [0.3, 0.4) is 0 Å². The molecule has 6 nitrogen and oxygen atoms in total. The van der Waals surface area contributed by atoms with Gasteiger partial charge in [-0.15, -0.1) is 49.6 Å². The number of aryl methyl sites for hydroxylation is 1. The maximum atomic E-state index is 12.2. The number of sulfonamides is 1. The Balaban J connectivity index is -0.00000110. The standard InChI is InChI=1S/C12H13ClN4O2S.4ClH/c1-7-6-10(11(15)12(13)16-7)17-20(18,19)9-4-2-8(14)3-5-9;;;;/h2-6H,14-15H2,1H3,(H,16,17);4*1H. The molecule has 1 heterocycles. The maximum absolute atomic E-state index is 12.2. The Morgan fingerprint density at radius 1 is 1.04 bits per heavy atom. The molecule has 0 radical (unpaired) electrons. The predicted molar refractivity (Wildman–Crippen MR) is 109 cm³/mol. The first-order chi connectivity index (χ1) is 9.29. The fraction of sp³-hybridized carbons (Fsp3) is 0.0833. The van der Waals surface area contributed by atoms with Gasteiger partial charge in [-0.05, 0) is 37.3 Å². The van der Waals surface area contributed by atoms with E-state index in [0.29, 0.717) is 11.4 Å². The van der Waals surface area contributed by atoms with Gasteiger partial charge >= 0.3 is 0 Å². The van der Waals surface area contributed by atoms with Crippen molar-refractivity contribution in [1.82, 2.24) is 4.98 Å². The van der Waals surface area contributed by atoms with E-state index >= 15 is 0 Å². The maximum Gasteiger partial charge on any atom is 0.261 e. The van der Waals surface area contributed by atoms with Crippen molar-refractivity contribution < 1.29 is 8.42 Å². The Morgan fingerprint density at radius 2 is 1.54 bits per heavy atom. The van der Waals surface area contributed by atoms with E-state index in [9.17, 15) is 8.42 Å². The van der Waals surface area contributed by atoms with Crippen LogP contribution in [0.15, 0.2) is 35.2 Å². The van der Waals surface area contributed by atoms with Gasteiger partial charge in [0.2, 0.25) is 0 Å². The van der Waals surface area contributed by atoms with Gasteiger partial charge in [0.05, 0.1) is 16.3 Å². The van der Waals surface area contributed by atoms with Gasteiger partial charge in [0.1, 0.15) is 0 Å².